The van der Waals surface area contributed by atoms with E-state index >= 15 is 0 Å². The first-order chi connectivity index (χ1) is 7.89. The van der Waals surface area contributed by atoms with Crippen molar-refractivity contribution in [2.24, 2.45) is 5.41 Å². The quantitative estimate of drug-likeness (QED) is 0.756. The van der Waals surface area contributed by atoms with Gasteiger partial charge in [0.25, 0.3) is 0 Å². The molecule has 0 N–H and O–H groups in total. The summed E-state index contributed by atoms with van der Waals surface area (Å²) < 4.78 is 18.7. The lowest BCUT2D eigenvalue weighted by Gasteiger charge is -2.20. The average molecular weight is 238 g/mol. The zero-order chi connectivity index (χ0) is 13.1. The number of ether oxygens (including phenoxy) is 1. The predicted molar refractivity (Wildman–Crippen MR) is 70.1 cm³/mol. The van der Waals surface area contributed by atoms with Crippen molar-refractivity contribution in [3.63, 3.8) is 0 Å². The summed E-state index contributed by atoms with van der Waals surface area (Å²) in [6.07, 6.45) is 2.87. The first-order valence-electron chi connectivity index (χ1n) is 6.23. The molecule has 0 amide bonds. The molecule has 0 aliphatic carbocycles. The standard InChI is InChI=1S/C15H23FO/c1-6-12-11(9-10-15(2,3)4)7-8-13(16)14(12)17-5/h7-8H,6,9-10H2,1-5H3. The largest absolute Gasteiger partial charge is 0.493 e. The second kappa shape index (κ2) is 5.52. The number of benzene rings is 1. The Morgan fingerprint density at radius 1 is 1.24 bits per heavy atom. The zero-order valence-electron chi connectivity index (χ0n) is 11.6. The molecule has 0 atom stereocenters. The summed E-state index contributed by atoms with van der Waals surface area (Å²) in [4.78, 5) is 0. The molecule has 0 aromatic heterocycles. The maximum Gasteiger partial charge on any atom is 0.165 e. The fourth-order valence-electron chi connectivity index (χ4n) is 1.99. The maximum atomic E-state index is 13.6. The molecule has 0 fully saturated rings. The molecule has 0 saturated carbocycles. The molecule has 0 spiro atoms. The van der Waals surface area contributed by atoms with Crippen LogP contribution in [0.4, 0.5) is 4.39 Å². The Balaban J connectivity index is 3.00. The second-order valence-corrected chi connectivity index (χ2v) is 5.63. The van der Waals surface area contributed by atoms with E-state index in [2.05, 4.69) is 20.8 Å². The van der Waals surface area contributed by atoms with Crippen LogP contribution in [0.15, 0.2) is 12.1 Å². The van der Waals surface area contributed by atoms with Gasteiger partial charge in [-0.15, -0.1) is 0 Å². The molecule has 17 heavy (non-hydrogen) atoms. The summed E-state index contributed by atoms with van der Waals surface area (Å²) in [5, 5.41) is 0. The van der Waals surface area contributed by atoms with Crippen molar-refractivity contribution >= 4 is 0 Å². The van der Waals surface area contributed by atoms with E-state index in [1.807, 2.05) is 13.0 Å². The van der Waals surface area contributed by atoms with Gasteiger partial charge in [-0.1, -0.05) is 33.8 Å². The third kappa shape index (κ3) is 3.72. The summed E-state index contributed by atoms with van der Waals surface area (Å²) in [6, 6.07) is 3.40. The topological polar surface area (TPSA) is 9.23 Å². The molecule has 0 unspecified atom stereocenters. The van der Waals surface area contributed by atoms with Crippen LogP contribution < -0.4 is 4.74 Å². The average Bonchev–Trinajstić information content (AvgIpc) is 2.25. The van der Waals surface area contributed by atoms with Crippen molar-refractivity contribution in [3.8, 4) is 5.75 Å². The van der Waals surface area contributed by atoms with Crippen LogP contribution in [0.5, 0.6) is 5.75 Å². The first kappa shape index (κ1) is 14.0. The van der Waals surface area contributed by atoms with Crippen LogP contribution in [0.1, 0.15) is 45.2 Å². The minimum absolute atomic E-state index is 0.260. The summed E-state index contributed by atoms with van der Waals surface area (Å²) in [5.74, 6) is 0.155. The number of rotatable bonds is 4. The van der Waals surface area contributed by atoms with E-state index < -0.39 is 0 Å². The van der Waals surface area contributed by atoms with E-state index in [4.69, 9.17) is 4.74 Å². The predicted octanol–water partition coefficient (Wildman–Crippen LogP) is 4.38. The van der Waals surface area contributed by atoms with Gasteiger partial charge in [-0.2, -0.15) is 0 Å². The SMILES string of the molecule is CCc1c(CCC(C)(C)C)ccc(F)c1OC. The Morgan fingerprint density at radius 3 is 2.35 bits per heavy atom. The third-order valence-corrected chi connectivity index (χ3v) is 3.01. The maximum absolute atomic E-state index is 13.6. The molecule has 1 aromatic carbocycles. The Labute approximate surface area is 104 Å². The van der Waals surface area contributed by atoms with Crippen LogP contribution in [0, 0.1) is 11.2 Å². The number of hydrogen-bond donors (Lipinski definition) is 0. The van der Waals surface area contributed by atoms with Crippen molar-refractivity contribution in [2.75, 3.05) is 7.11 Å². The Kier molecular flexibility index (Phi) is 4.55. The van der Waals surface area contributed by atoms with Crippen LogP contribution in [-0.2, 0) is 12.8 Å². The highest BCUT2D eigenvalue weighted by Crippen LogP contribution is 2.29. The molecule has 0 saturated heterocycles. The lowest BCUT2D eigenvalue weighted by molar-refractivity contribution is 0.370. The first-order valence-corrected chi connectivity index (χ1v) is 6.23. The normalized spacial score (nSPS) is 11.6. The van der Waals surface area contributed by atoms with Crippen LogP contribution in [0.2, 0.25) is 0 Å². The summed E-state index contributed by atoms with van der Waals surface area (Å²) in [6.45, 7) is 8.70. The van der Waals surface area contributed by atoms with E-state index in [9.17, 15) is 4.39 Å². The number of halogens is 1. The van der Waals surface area contributed by atoms with Gasteiger partial charge < -0.3 is 4.74 Å². The van der Waals surface area contributed by atoms with Crippen molar-refractivity contribution in [2.45, 2.75) is 47.0 Å². The summed E-state index contributed by atoms with van der Waals surface area (Å²) in [7, 11) is 1.53. The summed E-state index contributed by atoms with van der Waals surface area (Å²) in [5.41, 5.74) is 2.52. The Hall–Kier alpha value is -1.05. The summed E-state index contributed by atoms with van der Waals surface area (Å²) >= 11 is 0. The lowest BCUT2D eigenvalue weighted by atomic mass is 9.87. The van der Waals surface area contributed by atoms with E-state index in [-0.39, 0.29) is 5.82 Å². The number of methoxy groups -OCH3 is 1. The van der Waals surface area contributed by atoms with Crippen LogP contribution >= 0.6 is 0 Å². The molecule has 0 aliphatic rings. The van der Waals surface area contributed by atoms with Gasteiger partial charge in [0.05, 0.1) is 7.11 Å². The van der Waals surface area contributed by atoms with E-state index in [0.717, 1.165) is 24.8 Å². The highest BCUT2D eigenvalue weighted by Gasteiger charge is 2.15. The highest BCUT2D eigenvalue weighted by atomic mass is 19.1. The molecular formula is C15H23FO. The van der Waals surface area contributed by atoms with Gasteiger partial charge in [0.1, 0.15) is 0 Å². The lowest BCUT2D eigenvalue weighted by Crippen LogP contribution is -2.08. The molecule has 1 nitrogen and oxygen atoms in total. The van der Waals surface area contributed by atoms with Crippen LogP contribution in [-0.4, -0.2) is 7.11 Å². The fraction of sp³-hybridized carbons (Fsp3) is 0.600. The molecule has 0 heterocycles. The van der Waals surface area contributed by atoms with Gasteiger partial charge in [-0.3, -0.25) is 0 Å². The molecule has 0 radical (unpaired) electrons. The second-order valence-electron chi connectivity index (χ2n) is 5.63. The van der Waals surface area contributed by atoms with E-state index in [1.54, 1.807) is 0 Å². The van der Waals surface area contributed by atoms with Gasteiger partial charge in [-0.05, 0) is 36.3 Å². The minimum atomic E-state index is -0.260. The molecule has 96 valence electrons. The Morgan fingerprint density at radius 2 is 1.88 bits per heavy atom. The molecule has 1 rings (SSSR count). The van der Waals surface area contributed by atoms with Crippen LogP contribution in [0.3, 0.4) is 0 Å². The fourth-order valence-corrected chi connectivity index (χ4v) is 1.99. The van der Waals surface area contributed by atoms with Gasteiger partial charge in [0, 0.05) is 5.56 Å². The molecule has 0 bridgehead atoms. The van der Waals surface area contributed by atoms with E-state index in [0.29, 0.717) is 11.2 Å². The monoisotopic (exact) mass is 238 g/mol. The van der Waals surface area contributed by atoms with Crippen molar-refractivity contribution < 1.29 is 9.13 Å². The van der Waals surface area contributed by atoms with Gasteiger partial charge in [0.15, 0.2) is 11.6 Å². The molecule has 1 aromatic rings. The van der Waals surface area contributed by atoms with Crippen molar-refractivity contribution in [1.82, 2.24) is 0 Å². The zero-order valence-corrected chi connectivity index (χ0v) is 11.6. The highest BCUT2D eigenvalue weighted by molar-refractivity contribution is 5.41. The smallest absolute Gasteiger partial charge is 0.165 e. The van der Waals surface area contributed by atoms with E-state index in [1.165, 1.54) is 18.7 Å². The molecule has 2 heteroatoms. The van der Waals surface area contributed by atoms with Gasteiger partial charge >= 0.3 is 0 Å². The van der Waals surface area contributed by atoms with Crippen LogP contribution in [0.25, 0.3) is 0 Å². The van der Waals surface area contributed by atoms with Crippen molar-refractivity contribution in [1.29, 1.82) is 0 Å². The molecule has 0 aliphatic heterocycles. The molecular weight excluding hydrogens is 215 g/mol. The number of hydrogen-bond acceptors (Lipinski definition) is 1. The third-order valence-electron chi connectivity index (χ3n) is 3.01. The number of aryl methyl sites for hydroxylation is 1. The van der Waals surface area contributed by atoms with Gasteiger partial charge in [-0.25, -0.2) is 4.39 Å². The van der Waals surface area contributed by atoms with Crippen molar-refractivity contribution in [3.05, 3.63) is 29.1 Å². The van der Waals surface area contributed by atoms with Gasteiger partial charge in [0.2, 0.25) is 0 Å². The Bertz CT molecular complexity index is 377. The minimum Gasteiger partial charge on any atom is -0.493 e.